The number of sulfonamides is 1. The van der Waals surface area contributed by atoms with Gasteiger partial charge in [-0.3, -0.25) is 4.79 Å². The summed E-state index contributed by atoms with van der Waals surface area (Å²) in [6.45, 7) is -0.192. The molecule has 1 aliphatic heterocycles. The maximum absolute atomic E-state index is 11.5. The zero-order valence-electron chi connectivity index (χ0n) is 7.98. The Labute approximate surface area is 87.1 Å². The first-order valence-electron chi connectivity index (χ1n) is 4.25. The third-order valence-corrected chi connectivity index (χ3v) is 3.66. The Morgan fingerprint density at radius 2 is 2.13 bits per heavy atom. The number of nitrogens with one attached hydrogen (secondary N) is 1. The fourth-order valence-corrected chi connectivity index (χ4v) is 2.61. The van der Waals surface area contributed by atoms with Crippen molar-refractivity contribution in [1.29, 1.82) is 0 Å². The van der Waals surface area contributed by atoms with E-state index in [1.165, 1.54) is 25.3 Å². The highest BCUT2D eigenvalue weighted by atomic mass is 32.2. The van der Waals surface area contributed by atoms with E-state index in [1.54, 1.807) is 0 Å². The van der Waals surface area contributed by atoms with E-state index >= 15 is 0 Å². The minimum Gasteiger partial charge on any atom is -0.497 e. The Balaban J connectivity index is 2.68. The highest BCUT2D eigenvalue weighted by molar-refractivity contribution is 7.89. The molecule has 0 saturated carbocycles. The van der Waals surface area contributed by atoms with E-state index < -0.39 is 10.0 Å². The highest BCUT2D eigenvalue weighted by Gasteiger charge is 2.28. The number of fused-ring (bicyclic) bond motifs is 1. The number of rotatable bonds is 1. The van der Waals surface area contributed by atoms with Crippen LogP contribution in [0.2, 0.25) is 0 Å². The lowest BCUT2D eigenvalue weighted by molar-refractivity contribution is 0.0990. The Morgan fingerprint density at radius 3 is 2.80 bits per heavy atom. The van der Waals surface area contributed by atoms with E-state index in [0.29, 0.717) is 5.75 Å². The maximum Gasteiger partial charge on any atom is 0.241 e. The molecule has 1 aliphatic rings. The van der Waals surface area contributed by atoms with Crippen LogP contribution >= 0.6 is 0 Å². The van der Waals surface area contributed by atoms with Crippen molar-refractivity contribution in [1.82, 2.24) is 4.72 Å². The first-order chi connectivity index (χ1) is 7.04. The first kappa shape index (κ1) is 10.1. The molecule has 2 rings (SSSR count). The van der Waals surface area contributed by atoms with E-state index in [1.807, 2.05) is 0 Å². The molecule has 0 fully saturated rings. The van der Waals surface area contributed by atoms with Gasteiger partial charge in [-0.1, -0.05) is 0 Å². The number of carbonyl (C=O) groups excluding carboxylic acids is 1. The van der Waals surface area contributed by atoms with Gasteiger partial charge in [0.2, 0.25) is 10.0 Å². The van der Waals surface area contributed by atoms with E-state index in [4.69, 9.17) is 4.74 Å². The second kappa shape index (κ2) is 3.32. The van der Waals surface area contributed by atoms with Crippen molar-refractivity contribution in [2.45, 2.75) is 4.90 Å². The molecule has 0 saturated heterocycles. The average molecular weight is 227 g/mol. The highest BCUT2D eigenvalue weighted by Crippen LogP contribution is 2.24. The van der Waals surface area contributed by atoms with Crippen LogP contribution in [-0.2, 0) is 10.0 Å². The van der Waals surface area contributed by atoms with Crippen molar-refractivity contribution >= 4 is 15.8 Å². The molecule has 1 aromatic rings. The van der Waals surface area contributed by atoms with Crippen LogP contribution in [0.5, 0.6) is 5.75 Å². The van der Waals surface area contributed by atoms with Crippen LogP contribution in [0.1, 0.15) is 10.4 Å². The molecule has 0 radical (unpaired) electrons. The fourth-order valence-electron chi connectivity index (χ4n) is 1.42. The van der Waals surface area contributed by atoms with E-state index in [9.17, 15) is 13.2 Å². The van der Waals surface area contributed by atoms with Crippen LogP contribution in [-0.4, -0.2) is 27.9 Å². The fraction of sp³-hybridized carbons (Fsp3) is 0.222. The van der Waals surface area contributed by atoms with Crippen LogP contribution in [0.25, 0.3) is 0 Å². The molecule has 0 aliphatic carbocycles. The smallest absolute Gasteiger partial charge is 0.241 e. The van der Waals surface area contributed by atoms with Crippen molar-refractivity contribution in [2.75, 3.05) is 13.7 Å². The number of hydrogen-bond donors (Lipinski definition) is 1. The van der Waals surface area contributed by atoms with Gasteiger partial charge >= 0.3 is 0 Å². The predicted molar refractivity (Wildman–Crippen MR) is 52.5 cm³/mol. The van der Waals surface area contributed by atoms with Crippen molar-refractivity contribution in [3.05, 3.63) is 23.8 Å². The SMILES string of the molecule is COc1ccc2c(c1)C(=O)CNS2(=O)=O. The number of methoxy groups -OCH3 is 1. The van der Waals surface area contributed by atoms with E-state index in [0.717, 1.165) is 0 Å². The number of ketones is 1. The standard InChI is InChI=1S/C9H9NO4S/c1-14-6-2-3-9-7(4-6)8(11)5-10-15(9,12)13/h2-4,10H,5H2,1H3. The summed E-state index contributed by atoms with van der Waals surface area (Å²) >= 11 is 0. The van der Waals surface area contributed by atoms with Crippen LogP contribution in [0.3, 0.4) is 0 Å². The molecular formula is C9H9NO4S. The summed E-state index contributed by atoms with van der Waals surface area (Å²) in [4.78, 5) is 11.5. The molecule has 6 heteroatoms. The normalized spacial score (nSPS) is 18.3. The maximum atomic E-state index is 11.5. The van der Waals surface area contributed by atoms with Gasteiger partial charge in [-0.05, 0) is 18.2 Å². The van der Waals surface area contributed by atoms with Crippen molar-refractivity contribution in [2.24, 2.45) is 0 Å². The summed E-state index contributed by atoms with van der Waals surface area (Å²) in [7, 11) is -2.07. The molecule has 0 aromatic heterocycles. The summed E-state index contributed by atoms with van der Waals surface area (Å²) in [6.07, 6.45) is 0. The van der Waals surface area contributed by atoms with Crippen LogP contribution in [0.4, 0.5) is 0 Å². The Bertz CT molecular complexity index is 521. The molecule has 1 aromatic carbocycles. The van der Waals surface area contributed by atoms with Gasteiger partial charge in [-0.2, -0.15) is 0 Å². The molecule has 15 heavy (non-hydrogen) atoms. The summed E-state index contributed by atoms with van der Waals surface area (Å²) in [5, 5.41) is 0. The Hall–Kier alpha value is -1.40. The molecule has 0 atom stereocenters. The first-order valence-corrected chi connectivity index (χ1v) is 5.74. The van der Waals surface area contributed by atoms with Crippen LogP contribution < -0.4 is 9.46 Å². The predicted octanol–water partition coefficient (Wildman–Crippen LogP) is 0.170. The lowest BCUT2D eigenvalue weighted by Crippen LogP contribution is -2.36. The monoisotopic (exact) mass is 227 g/mol. The van der Waals surface area contributed by atoms with Gasteiger partial charge in [0.25, 0.3) is 0 Å². The Morgan fingerprint density at radius 1 is 1.40 bits per heavy atom. The molecule has 0 unspecified atom stereocenters. The molecule has 5 nitrogen and oxygen atoms in total. The molecular weight excluding hydrogens is 218 g/mol. The van der Waals surface area contributed by atoms with Gasteiger partial charge in [-0.15, -0.1) is 0 Å². The van der Waals surface area contributed by atoms with Gasteiger partial charge in [0.1, 0.15) is 5.75 Å². The van der Waals surface area contributed by atoms with Crippen molar-refractivity contribution in [3.8, 4) is 5.75 Å². The largest absolute Gasteiger partial charge is 0.497 e. The second-order valence-electron chi connectivity index (χ2n) is 3.11. The average Bonchev–Trinajstić information content (AvgIpc) is 2.23. The van der Waals surface area contributed by atoms with E-state index in [-0.39, 0.29) is 22.8 Å². The summed E-state index contributed by atoms with van der Waals surface area (Å²) in [5.41, 5.74) is 0.188. The van der Waals surface area contributed by atoms with Crippen molar-refractivity contribution in [3.63, 3.8) is 0 Å². The lowest BCUT2D eigenvalue weighted by atomic mass is 10.1. The van der Waals surface area contributed by atoms with Gasteiger partial charge in [0.15, 0.2) is 5.78 Å². The van der Waals surface area contributed by atoms with Gasteiger partial charge in [-0.25, -0.2) is 13.1 Å². The molecule has 80 valence electrons. The lowest BCUT2D eigenvalue weighted by Gasteiger charge is -2.16. The molecule has 1 N–H and O–H groups in total. The molecule has 0 spiro atoms. The summed E-state index contributed by atoms with van der Waals surface area (Å²) < 4.78 is 30.1. The van der Waals surface area contributed by atoms with Crippen LogP contribution in [0.15, 0.2) is 23.1 Å². The van der Waals surface area contributed by atoms with Crippen LogP contribution in [0, 0.1) is 0 Å². The van der Waals surface area contributed by atoms with Gasteiger partial charge < -0.3 is 4.74 Å². The minimum atomic E-state index is -3.53. The van der Waals surface area contributed by atoms with Crippen molar-refractivity contribution < 1.29 is 17.9 Å². The zero-order valence-corrected chi connectivity index (χ0v) is 8.80. The second-order valence-corrected chi connectivity index (χ2v) is 4.85. The third kappa shape index (κ3) is 1.62. The van der Waals surface area contributed by atoms with Gasteiger partial charge in [0.05, 0.1) is 18.6 Å². The molecule has 0 bridgehead atoms. The molecule has 1 heterocycles. The summed E-state index contributed by atoms with van der Waals surface area (Å²) in [5.74, 6) is 0.220. The number of benzene rings is 1. The number of carbonyl (C=O) groups is 1. The third-order valence-electron chi connectivity index (χ3n) is 2.20. The number of hydrogen-bond acceptors (Lipinski definition) is 4. The minimum absolute atomic E-state index is 0.0135. The molecule has 0 amide bonds. The quantitative estimate of drug-likeness (QED) is 0.742. The number of Topliss-reactive ketones (excluding diaryl/α,β-unsaturated/α-hetero) is 1. The van der Waals surface area contributed by atoms with Gasteiger partial charge in [0, 0.05) is 5.56 Å². The summed E-state index contributed by atoms with van der Waals surface area (Å²) in [6, 6.07) is 4.32. The topological polar surface area (TPSA) is 72.5 Å². The van der Waals surface area contributed by atoms with E-state index in [2.05, 4.69) is 4.72 Å². The Kier molecular flexibility index (Phi) is 2.24. The number of ether oxygens (including phenoxy) is 1. The zero-order chi connectivity index (χ0) is 11.1.